The van der Waals surface area contributed by atoms with E-state index in [2.05, 4.69) is 44.8 Å². The average Bonchev–Trinajstić information content (AvgIpc) is 2.51. The molecule has 22 heavy (non-hydrogen) atoms. The summed E-state index contributed by atoms with van der Waals surface area (Å²) in [5, 5.41) is 3.81. The maximum Gasteiger partial charge on any atom is 0.0362 e. The van der Waals surface area contributed by atoms with Crippen molar-refractivity contribution in [2.24, 2.45) is 5.73 Å². The molecular weight excluding hydrogens is 270 g/mol. The van der Waals surface area contributed by atoms with Gasteiger partial charge in [0.15, 0.2) is 0 Å². The number of rotatable bonds is 15. The molecule has 0 amide bonds. The van der Waals surface area contributed by atoms with Crippen molar-refractivity contribution in [1.82, 2.24) is 10.2 Å². The molecule has 3 heteroatoms. The first-order valence-electron chi connectivity index (χ1n) is 9.85. The summed E-state index contributed by atoms with van der Waals surface area (Å²) in [6, 6.07) is 0.569. The van der Waals surface area contributed by atoms with Crippen molar-refractivity contribution < 1.29 is 0 Å². The van der Waals surface area contributed by atoms with E-state index in [0.717, 1.165) is 13.1 Å². The van der Waals surface area contributed by atoms with E-state index in [1.54, 1.807) is 0 Å². The van der Waals surface area contributed by atoms with Crippen molar-refractivity contribution in [3.63, 3.8) is 0 Å². The van der Waals surface area contributed by atoms with Gasteiger partial charge in [-0.05, 0) is 45.2 Å². The number of hydrogen-bond acceptors (Lipinski definition) is 3. The van der Waals surface area contributed by atoms with Gasteiger partial charge in [0.2, 0.25) is 0 Å². The van der Waals surface area contributed by atoms with Crippen LogP contribution in [0.5, 0.6) is 0 Å². The highest BCUT2D eigenvalue weighted by atomic mass is 15.2. The first kappa shape index (κ1) is 21.9. The summed E-state index contributed by atoms with van der Waals surface area (Å²) in [6.07, 6.45) is 10.1. The molecule has 0 aliphatic heterocycles. The van der Waals surface area contributed by atoms with Gasteiger partial charge in [-0.3, -0.25) is 4.90 Å². The molecular formula is C19H43N3. The number of nitrogens with one attached hydrogen (secondary N) is 1. The highest BCUT2D eigenvalue weighted by Crippen LogP contribution is 2.34. The summed E-state index contributed by atoms with van der Waals surface area (Å²) < 4.78 is 0. The lowest BCUT2D eigenvalue weighted by molar-refractivity contribution is 0.0274. The third-order valence-corrected chi connectivity index (χ3v) is 4.74. The largest absolute Gasteiger partial charge is 0.329 e. The van der Waals surface area contributed by atoms with Gasteiger partial charge in [-0.2, -0.15) is 0 Å². The molecule has 0 spiro atoms. The smallest absolute Gasteiger partial charge is 0.0362 e. The second-order valence-corrected chi connectivity index (χ2v) is 6.67. The molecule has 3 N–H and O–H groups in total. The van der Waals surface area contributed by atoms with Gasteiger partial charge in [0, 0.05) is 24.7 Å². The predicted octanol–water partition coefficient (Wildman–Crippen LogP) is 4.16. The van der Waals surface area contributed by atoms with Gasteiger partial charge in [0.1, 0.15) is 0 Å². The minimum Gasteiger partial charge on any atom is -0.329 e. The summed E-state index contributed by atoms with van der Waals surface area (Å²) in [5.41, 5.74) is 6.09. The molecule has 0 bridgehead atoms. The van der Waals surface area contributed by atoms with Crippen LogP contribution < -0.4 is 11.1 Å². The zero-order valence-electron chi connectivity index (χ0n) is 16.1. The quantitative estimate of drug-likeness (QED) is 0.477. The Kier molecular flexibility index (Phi) is 13.3. The van der Waals surface area contributed by atoms with Gasteiger partial charge >= 0.3 is 0 Å². The molecule has 0 fully saturated rings. The maximum absolute atomic E-state index is 5.78. The SMILES string of the molecule is CCCC(NCCN)C(CCC)(CCC)N(CCC)CCC. The molecule has 0 saturated carbocycles. The Hall–Kier alpha value is -0.120. The Balaban J connectivity index is 5.52. The lowest BCUT2D eigenvalue weighted by Gasteiger charge is -2.50. The number of nitrogens with two attached hydrogens (primary N) is 1. The zero-order chi connectivity index (χ0) is 16.8. The standard InChI is InChI=1S/C19H43N3/c1-6-11-18(21-15-14-20)19(12-7-2,13-8-3)22(16-9-4)17-10-5/h18,21H,6-17,20H2,1-5H3. The first-order chi connectivity index (χ1) is 10.7. The highest BCUT2D eigenvalue weighted by Gasteiger charge is 2.40. The molecule has 3 nitrogen and oxygen atoms in total. The third kappa shape index (κ3) is 6.55. The van der Waals surface area contributed by atoms with E-state index in [0.29, 0.717) is 11.6 Å². The van der Waals surface area contributed by atoms with Crippen molar-refractivity contribution in [2.45, 2.75) is 97.6 Å². The van der Waals surface area contributed by atoms with Crippen LogP contribution in [0.1, 0.15) is 86.0 Å². The monoisotopic (exact) mass is 313 g/mol. The average molecular weight is 314 g/mol. The molecule has 0 aliphatic rings. The number of hydrogen-bond donors (Lipinski definition) is 2. The van der Waals surface area contributed by atoms with Crippen molar-refractivity contribution >= 4 is 0 Å². The second-order valence-electron chi connectivity index (χ2n) is 6.67. The Bertz CT molecular complexity index is 231. The zero-order valence-corrected chi connectivity index (χ0v) is 16.1. The minimum absolute atomic E-state index is 0.306. The van der Waals surface area contributed by atoms with Gasteiger partial charge in [-0.25, -0.2) is 0 Å². The first-order valence-corrected chi connectivity index (χ1v) is 9.85. The van der Waals surface area contributed by atoms with Crippen LogP contribution >= 0.6 is 0 Å². The van der Waals surface area contributed by atoms with Gasteiger partial charge in [-0.15, -0.1) is 0 Å². The van der Waals surface area contributed by atoms with E-state index in [9.17, 15) is 0 Å². The normalized spacial score (nSPS) is 13.8. The van der Waals surface area contributed by atoms with Gasteiger partial charge in [0.05, 0.1) is 0 Å². The van der Waals surface area contributed by atoms with E-state index in [1.165, 1.54) is 64.5 Å². The molecule has 0 radical (unpaired) electrons. The van der Waals surface area contributed by atoms with E-state index in [4.69, 9.17) is 5.73 Å². The topological polar surface area (TPSA) is 41.3 Å². The summed E-state index contributed by atoms with van der Waals surface area (Å²) in [5.74, 6) is 0. The van der Waals surface area contributed by atoms with Crippen LogP contribution in [0.3, 0.4) is 0 Å². The fraction of sp³-hybridized carbons (Fsp3) is 1.00. The Morgan fingerprint density at radius 2 is 1.41 bits per heavy atom. The van der Waals surface area contributed by atoms with Crippen molar-refractivity contribution in [1.29, 1.82) is 0 Å². The van der Waals surface area contributed by atoms with Crippen LogP contribution in [0.2, 0.25) is 0 Å². The fourth-order valence-electron chi connectivity index (χ4n) is 4.08. The Labute approximate surface area is 140 Å². The lowest BCUT2D eigenvalue weighted by atomic mass is 9.77. The second kappa shape index (κ2) is 13.3. The molecule has 1 atom stereocenters. The highest BCUT2D eigenvalue weighted by molar-refractivity contribution is 5.00. The Morgan fingerprint density at radius 3 is 1.77 bits per heavy atom. The van der Waals surface area contributed by atoms with Crippen LogP contribution in [-0.2, 0) is 0 Å². The summed E-state index contributed by atoms with van der Waals surface area (Å²) >= 11 is 0. The summed E-state index contributed by atoms with van der Waals surface area (Å²) in [6.45, 7) is 15.7. The van der Waals surface area contributed by atoms with E-state index < -0.39 is 0 Å². The van der Waals surface area contributed by atoms with E-state index in [1.807, 2.05) is 0 Å². The molecule has 134 valence electrons. The van der Waals surface area contributed by atoms with Crippen LogP contribution in [0.15, 0.2) is 0 Å². The van der Waals surface area contributed by atoms with Gasteiger partial charge < -0.3 is 11.1 Å². The molecule has 0 rings (SSSR count). The van der Waals surface area contributed by atoms with Crippen LogP contribution in [-0.4, -0.2) is 42.7 Å². The molecule has 0 saturated heterocycles. The number of nitrogens with zero attached hydrogens (tertiary/aromatic N) is 1. The lowest BCUT2D eigenvalue weighted by Crippen LogP contribution is -2.62. The van der Waals surface area contributed by atoms with E-state index in [-0.39, 0.29) is 0 Å². The third-order valence-electron chi connectivity index (χ3n) is 4.74. The molecule has 0 aliphatic carbocycles. The van der Waals surface area contributed by atoms with Crippen LogP contribution in [0.4, 0.5) is 0 Å². The van der Waals surface area contributed by atoms with Gasteiger partial charge in [-0.1, -0.05) is 53.9 Å². The molecule has 1 unspecified atom stereocenters. The molecule has 0 aromatic rings. The van der Waals surface area contributed by atoms with Crippen molar-refractivity contribution in [3.8, 4) is 0 Å². The maximum atomic E-state index is 5.78. The van der Waals surface area contributed by atoms with Crippen LogP contribution in [0.25, 0.3) is 0 Å². The van der Waals surface area contributed by atoms with E-state index >= 15 is 0 Å². The van der Waals surface area contributed by atoms with Crippen molar-refractivity contribution in [3.05, 3.63) is 0 Å². The van der Waals surface area contributed by atoms with Crippen LogP contribution in [0, 0.1) is 0 Å². The predicted molar refractivity (Wildman–Crippen MR) is 100 cm³/mol. The summed E-state index contributed by atoms with van der Waals surface area (Å²) in [7, 11) is 0. The summed E-state index contributed by atoms with van der Waals surface area (Å²) in [4.78, 5) is 2.81. The Morgan fingerprint density at radius 1 is 0.864 bits per heavy atom. The van der Waals surface area contributed by atoms with Gasteiger partial charge in [0.25, 0.3) is 0 Å². The molecule has 0 heterocycles. The molecule has 0 aromatic heterocycles. The molecule has 0 aromatic carbocycles. The minimum atomic E-state index is 0.306. The van der Waals surface area contributed by atoms with Crippen molar-refractivity contribution in [2.75, 3.05) is 26.2 Å². The fourth-order valence-corrected chi connectivity index (χ4v) is 4.08.